The van der Waals surface area contributed by atoms with E-state index in [1.165, 1.54) is 5.56 Å². The first-order chi connectivity index (χ1) is 8.47. The first-order valence-electron chi connectivity index (χ1n) is 6.62. The van der Waals surface area contributed by atoms with Crippen LogP contribution in [-0.2, 0) is 11.3 Å². The van der Waals surface area contributed by atoms with Crippen LogP contribution >= 0.6 is 0 Å². The molecule has 0 N–H and O–H groups in total. The number of ether oxygens (including phenoxy) is 1. The van der Waals surface area contributed by atoms with Gasteiger partial charge in [0.1, 0.15) is 8.07 Å². The molecular weight excluding hydrogens is 236 g/mol. The number of rotatable bonds is 5. The summed E-state index contributed by atoms with van der Waals surface area (Å²) in [4.78, 5) is 0. The van der Waals surface area contributed by atoms with Crippen LogP contribution in [0.25, 0.3) is 0 Å². The van der Waals surface area contributed by atoms with Crippen molar-refractivity contribution < 1.29 is 4.74 Å². The van der Waals surface area contributed by atoms with E-state index in [1.807, 2.05) is 18.2 Å². The molecule has 0 heterocycles. The van der Waals surface area contributed by atoms with E-state index in [9.17, 15) is 0 Å². The summed E-state index contributed by atoms with van der Waals surface area (Å²) in [5, 5.41) is 0. The van der Waals surface area contributed by atoms with E-state index in [1.54, 1.807) is 0 Å². The maximum Gasteiger partial charge on any atom is 0.129 e. The summed E-state index contributed by atoms with van der Waals surface area (Å²) in [7, 11) is -1.22. The molecule has 0 aliphatic carbocycles. The van der Waals surface area contributed by atoms with Crippen LogP contribution in [0.3, 0.4) is 0 Å². The minimum atomic E-state index is -1.22. The van der Waals surface area contributed by atoms with Gasteiger partial charge in [0, 0.05) is 12.5 Å². The smallest absolute Gasteiger partial charge is 0.129 e. The summed E-state index contributed by atoms with van der Waals surface area (Å²) in [6, 6.07) is 10.3. The Hall–Kier alpha value is -1.04. The van der Waals surface area contributed by atoms with Crippen LogP contribution in [0.2, 0.25) is 19.6 Å². The normalized spacial score (nSPS) is 12.7. The summed E-state index contributed by atoms with van der Waals surface area (Å²) in [6.07, 6.45) is 1.02. The average molecular weight is 260 g/mol. The molecule has 0 saturated heterocycles. The molecule has 0 aliphatic rings. The van der Waals surface area contributed by atoms with Crippen LogP contribution in [0.1, 0.15) is 18.9 Å². The van der Waals surface area contributed by atoms with Crippen molar-refractivity contribution in [1.82, 2.24) is 0 Å². The van der Waals surface area contributed by atoms with Crippen LogP contribution in [0.15, 0.2) is 30.3 Å². The molecule has 0 aliphatic heterocycles. The highest BCUT2D eigenvalue weighted by atomic mass is 28.3. The first kappa shape index (κ1) is 15.0. The van der Waals surface area contributed by atoms with Gasteiger partial charge in [-0.1, -0.05) is 56.9 Å². The number of hydrogen-bond donors (Lipinski definition) is 0. The Kier molecular flexibility index (Phi) is 6.18. The summed E-state index contributed by atoms with van der Waals surface area (Å²) >= 11 is 0. The minimum Gasteiger partial charge on any atom is -0.377 e. The third kappa shape index (κ3) is 7.32. The molecule has 98 valence electrons. The Morgan fingerprint density at radius 3 is 2.44 bits per heavy atom. The van der Waals surface area contributed by atoms with Crippen LogP contribution < -0.4 is 0 Å². The second-order valence-corrected chi connectivity index (χ2v) is 10.5. The van der Waals surface area contributed by atoms with Gasteiger partial charge in [0.15, 0.2) is 0 Å². The molecule has 18 heavy (non-hydrogen) atoms. The maximum atomic E-state index is 5.67. The molecule has 1 rings (SSSR count). The molecule has 0 unspecified atom stereocenters. The topological polar surface area (TPSA) is 9.23 Å². The number of hydrogen-bond acceptors (Lipinski definition) is 1. The summed E-state index contributed by atoms with van der Waals surface area (Å²) in [6.45, 7) is 10.5. The minimum absolute atomic E-state index is 0.437. The SMILES string of the molecule is C[C@@H](C#C[Si](C)(C)C)CCOCc1ccccc1. The average Bonchev–Trinajstić information content (AvgIpc) is 2.33. The molecular formula is C16H24OSi. The Labute approximate surface area is 113 Å². The quantitative estimate of drug-likeness (QED) is 0.440. The molecule has 1 nitrogen and oxygen atoms in total. The molecule has 0 radical (unpaired) electrons. The zero-order valence-electron chi connectivity index (χ0n) is 12.0. The highest BCUT2D eigenvalue weighted by Gasteiger charge is 2.08. The van der Waals surface area contributed by atoms with Gasteiger partial charge >= 0.3 is 0 Å². The van der Waals surface area contributed by atoms with E-state index in [4.69, 9.17) is 4.74 Å². The van der Waals surface area contributed by atoms with Gasteiger partial charge in [-0.05, 0) is 12.0 Å². The summed E-state index contributed by atoms with van der Waals surface area (Å²) in [5.74, 6) is 3.79. The highest BCUT2D eigenvalue weighted by molar-refractivity contribution is 6.83. The van der Waals surface area contributed by atoms with Crippen molar-refractivity contribution in [3.8, 4) is 11.5 Å². The van der Waals surface area contributed by atoms with Gasteiger partial charge in [0.25, 0.3) is 0 Å². The first-order valence-corrected chi connectivity index (χ1v) is 10.1. The molecule has 1 aromatic rings. The van der Waals surface area contributed by atoms with E-state index in [-0.39, 0.29) is 0 Å². The highest BCUT2D eigenvalue weighted by Crippen LogP contribution is 2.05. The maximum absolute atomic E-state index is 5.67. The van der Waals surface area contributed by atoms with Crippen molar-refractivity contribution in [2.75, 3.05) is 6.61 Å². The Balaban J connectivity index is 2.20. The molecule has 2 heteroatoms. The van der Waals surface area contributed by atoms with Gasteiger partial charge in [-0.3, -0.25) is 0 Å². The van der Waals surface area contributed by atoms with Crippen molar-refractivity contribution in [1.29, 1.82) is 0 Å². The lowest BCUT2D eigenvalue weighted by molar-refractivity contribution is 0.113. The van der Waals surface area contributed by atoms with Crippen molar-refractivity contribution in [3.05, 3.63) is 35.9 Å². The van der Waals surface area contributed by atoms with Crippen LogP contribution in [-0.4, -0.2) is 14.7 Å². The standard InChI is InChI=1S/C16H24OSi/c1-15(11-13-18(2,3)4)10-12-17-14-16-8-6-5-7-9-16/h5-9,15H,10,12,14H2,1-4H3/t15-/m1/s1. The fraction of sp³-hybridized carbons (Fsp3) is 0.500. The van der Waals surface area contributed by atoms with Crippen LogP contribution in [0.5, 0.6) is 0 Å². The van der Waals surface area contributed by atoms with Gasteiger partial charge in [-0.15, -0.1) is 11.5 Å². The van der Waals surface area contributed by atoms with Gasteiger partial charge in [-0.2, -0.15) is 0 Å². The molecule has 0 fully saturated rings. The van der Waals surface area contributed by atoms with E-state index in [0.717, 1.165) is 13.0 Å². The summed E-state index contributed by atoms with van der Waals surface area (Å²) < 4.78 is 5.67. The van der Waals surface area contributed by atoms with E-state index in [2.05, 4.69) is 50.2 Å². The van der Waals surface area contributed by atoms with Gasteiger partial charge in [0.2, 0.25) is 0 Å². The molecule has 0 saturated carbocycles. The van der Waals surface area contributed by atoms with Gasteiger partial charge in [-0.25, -0.2) is 0 Å². The largest absolute Gasteiger partial charge is 0.377 e. The van der Waals surface area contributed by atoms with E-state index in [0.29, 0.717) is 12.5 Å². The Bertz CT molecular complexity index is 395. The van der Waals surface area contributed by atoms with Crippen LogP contribution in [0.4, 0.5) is 0 Å². The lowest BCUT2D eigenvalue weighted by atomic mass is 10.1. The second-order valence-electron chi connectivity index (χ2n) is 5.75. The predicted octanol–water partition coefficient (Wildman–Crippen LogP) is 4.11. The molecule has 1 atom stereocenters. The Morgan fingerprint density at radius 1 is 1.17 bits per heavy atom. The number of benzene rings is 1. The third-order valence-electron chi connectivity index (χ3n) is 2.50. The predicted molar refractivity (Wildman–Crippen MR) is 81.0 cm³/mol. The zero-order valence-corrected chi connectivity index (χ0v) is 13.0. The molecule has 0 amide bonds. The third-order valence-corrected chi connectivity index (χ3v) is 3.39. The van der Waals surface area contributed by atoms with E-state index >= 15 is 0 Å². The van der Waals surface area contributed by atoms with E-state index < -0.39 is 8.07 Å². The molecule has 0 bridgehead atoms. The summed E-state index contributed by atoms with van der Waals surface area (Å²) in [5.41, 5.74) is 4.65. The van der Waals surface area contributed by atoms with Crippen LogP contribution in [0, 0.1) is 17.4 Å². The van der Waals surface area contributed by atoms with Crippen molar-refractivity contribution >= 4 is 8.07 Å². The van der Waals surface area contributed by atoms with Crippen molar-refractivity contribution in [3.63, 3.8) is 0 Å². The van der Waals surface area contributed by atoms with Crippen molar-refractivity contribution in [2.24, 2.45) is 5.92 Å². The van der Waals surface area contributed by atoms with Gasteiger partial charge in [0.05, 0.1) is 6.61 Å². The van der Waals surface area contributed by atoms with Crippen molar-refractivity contribution in [2.45, 2.75) is 39.6 Å². The fourth-order valence-corrected chi connectivity index (χ4v) is 2.12. The monoisotopic (exact) mass is 260 g/mol. The lowest BCUT2D eigenvalue weighted by Gasteiger charge is -2.08. The Morgan fingerprint density at radius 2 is 1.83 bits per heavy atom. The molecule has 1 aromatic carbocycles. The molecule has 0 spiro atoms. The van der Waals surface area contributed by atoms with Gasteiger partial charge < -0.3 is 4.74 Å². The molecule has 0 aromatic heterocycles. The second kappa shape index (κ2) is 7.40. The lowest BCUT2D eigenvalue weighted by Crippen LogP contribution is -2.17. The zero-order chi connectivity index (χ0) is 13.4. The fourth-order valence-electron chi connectivity index (χ4n) is 1.44.